The summed E-state index contributed by atoms with van der Waals surface area (Å²) in [5.74, 6) is -0.0266. The summed E-state index contributed by atoms with van der Waals surface area (Å²) in [5, 5.41) is 3.17. The van der Waals surface area contributed by atoms with Gasteiger partial charge in [0.05, 0.1) is 11.5 Å². The maximum Gasteiger partial charge on any atom is 0.238 e. The van der Waals surface area contributed by atoms with E-state index in [1.165, 1.54) is 0 Å². The highest BCUT2D eigenvalue weighted by Crippen LogP contribution is 2.18. The standard InChI is InChI=1S/C12H25N3O3S/c1-9(2)14-12(3,11(13)16)8-15(4)10-5-6-19(17,18)7-10/h9-10,14H,5-8H2,1-4H3,(H2,13,16). The molecule has 1 amide bonds. The van der Waals surface area contributed by atoms with Crippen LogP contribution in [0.25, 0.3) is 0 Å². The fourth-order valence-electron chi connectivity index (χ4n) is 2.58. The monoisotopic (exact) mass is 291 g/mol. The van der Waals surface area contributed by atoms with E-state index in [0.717, 1.165) is 0 Å². The molecule has 0 aliphatic carbocycles. The number of nitrogens with one attached hydrogen (secondary N) is 1. The number of nitrogens with zero attached hydrogens (tertiary/aromatic N) is 1. The van der Waals surface area contributed by atoms with Gasteiger partial charge in [0.25, 0.3) is 0 Å². The summed E-state index contributed by atoms with van der Waals surface area (Å²) in [7, 11) is -1.08. The van der Waals surface area contributed by atoms with Crippen molar-refractivity contribution in [1.82, 2.24) is 10.2 Å². The highest BCUT2D eigenvalue weighted by atomic mass is 32.2. The molecule has 1 aliphatic heterocycles. The van der Waals surface area contributed by atoms with Crippen LogP contribution < -0.4 is 11.1 Å². The molecule has 0 radical (unpaired) electrons. The van der Waals surface area contributed by atoms with E-state index >= 15 is 0 Å². The molecule has 1 heterocycles. The predicted octanol–water partition coefficient (Wildman–Crippen LogP) is -0.653. The van der Waals surface area contributed by atoms with Crippen molar-refractivity contribution in [2.24, 2.45) is 5.73 Å². The molecule has 0 spiro atoms. The molecule has 19 heavy (non-hydrogen) atoms. The van der Waals surface area contributed by atoms with Gasteiger partial charge >= 0.3 is 0 Å². The lowest BCUT2D eigenvalue weighted by Gasteiger charge is -2.35. The van der Waals surface area contributed by atoms with Crippen LogP contribution in [0.15, 0.2) is 0 Å². The van der Waals surface area contributed by atoms with E-state index in [2.05, 4.69) is 5.32 Å². The van der Waals surface area contributed by atoms with Crippen molar-refractivity contribution in [2.45, 2.75) is 44.8 Å². The summed E-state index contributed by atoms with van der Waals surface area (Å²) < 4.78 is 23.0. The second kappa shape index (κ2) is 5.76. The van der Waals surface area contributed by atoms with Gasteiger partial charge in [0, 0.05) is 18.6 Å². The van der Waals surface area contributed by atoms with Gasteiger partial charge in [-0.1, -0.05) is 0 Å². The second-order valence-corrected chi connectivity index (χ2v) is 8.20. The molecular weight excluding hydrogens is 266 g/mol. The lowest BCUT2D eigenvalue weighted by molar-refractivity contribution is -0.124. The highest BCUT2D eigenvalue weighted by molar-refractivity contribution is 7.91. The number of carbonyl (C=O) groups is 1. The number of likely N-dealkylation sites (N-methyl/N-ethyl adjacent to an activating group) is 1. The van der Waals surface area contributed by atoms with E-state index in [0.29, 0.717) is 13.0 Å². The van der Waals surface area contributed by atoms with Crippen molar-refractivity contribution in [3.8, 4) is 0 Å². The Morgan fingerprint density at radius 3 is 2.47 bits per heavy atom. The second-order valence-electron chi connectivity index (χ2n) is 5.97. The molecule has 6 nitrogen and oxygen atoms in total. The van der Waals surface area contributed by atoms with Crippen LogP contribution >= 0.6 is 0 Å². The van der Waals surface area contributed by atoms with E-state index in [-0.39, 0.29) is 23.6 Å². The fraction of sp³-hybridized carbons (Fsp3) is 0.917. The van der Waals surface area contributed by atoms with Crippen molar-refractivity contribution >= 4 is 15.7 Å². The van der Waals surface area contributed by atoms with Gasteiger partial charge in [-0.2, -0.15) is 0 Å². The summed E-state index contributed by atoms with van der Waals surface area (Å²) in [5.41, 5.74) is 4.62. The Morgan fingerprint density at radius 2 is 2.11 bits per heavy atom. The third-order valence-electron chi connectivity index (χ3n) is 3.55. The van der Waals surface area contributed by atoms with Gasteiger partial charge in [-0.3, -0.25) is 4.79 Å². The Hall–Kier alpha value is -0.660. The zero-order valence-electron chi connectivity index (χ0n) is 12.1. The lowest BCUT2D eigenvalue weighted by atomic mass is 9.98. The number of rotatable bonds is 6. The Labute approximate surface area is 115 Å². The minimum absolute atomic E-state index is 0.0300. The number of carbonyl (C=O) groups excluding carboxylic acids is 1. The minimum atomic E-state index is -2.92. The fourth-order valence-corrected chi connectivity index (χ4v) is 4.39. The molecule has 0 aromatic carbocycles. The van der Waals surface area contributed by atoms with Gasteiger partial charge < -0.3 is 16.0 Å². The Morgan fingerprint density at radius 1 is 1.53 bits per heavy atom. The van der Waals surface area contributed by atoms with Gasteiger partial charge in [-0.15, -0.1) is 0 Å². The van der Waals surface area contributed by atoms with E-state index < -0.39 is 21.3 Å². The van der Waals surface area contributed by atoms with Crippen LogP contribution in [0.1, 0.15) is 27.2 Å². The SMILES string of the molecule is CC(C)NC(C)(CN(C)C1CCS(=O)(=O)C1)C(N)=O. The maximum absolute atomic E-state index is 11.6. The highest BCUT2D eigenvalue weighted by Gasteiger charge is 2.37. The zero-order valence-corrected chi connectivity index (χ0v) is 13.0. The normalized spacial score (nSPS) is 25.7. The molecule has 1 fully saturated rings. The predicted molar refractivity (Wildman–Crippen MR) is 75.6 cm³/mol. The van der Waals surface area contributed by atoms with Gasteiger partial charge in [0.15, 0.2) is 9.84 Å². The molecule has 7 heteroatoms. The third-order valence-corrected chi connectivity index (χ3v) is 5.30. The van der Waals surface area contributed by atoms with Crippen molar-refractivity contribution in [1.29, 1.82) is 0 Å². The van der Waals surface area contributed by atoms with Crippen molar-refractivity contribution < 1.29 is 13.2 Å². The van der Waals surface area contributed by atoms with Crippen LogP contribution in [0.4, 0.5) is 0 Å². The molecule has 0 bridgehead atoms. The van der Waals surface area contributed by atoms with Crippen molar-refractivity contribution in [3.63, 3.8) is 0 Å². The molecule has 3 N–H and O–H groups in total. The number of amides is 1. The van der Waals surface area contributed by atoms with Gasteiger partial charge in [-0.05, 0) is 34.2 Å². The quantitative estimate of drug-likeness (QED) is 0.678. The van der Waals surface area contributed by atoms with Crippen molar-refractivity contribution in [3.05, 3.63) is 0 Å². The summed E-state index contributed by atoms with van der Waals surface area (Å²) in [6.45, 7) is 6.05. The van der Waals surface area contributed by atoms with Crippen LogP contribution in [-0.2, 0) is 14.6 Å². The number of hydrogen-bond donors (Lipinski definition) is 2. The molecule has 1 aliphatic rings. The Balaban J connectivity index is 2.72. The van der Waals surface area contributed by atoms with Crippen LogP contribution in [0.3, 0.4) is 0 Å². The minimum Gasteiger partial charge on any atom is -0.368 e. The maximum atomic E-state index is 11.6. The molecule has 2 atom stereocenters. The van der Waals surface area contributed by atoms with E-state index in [9.17, 15) is 13.2 Å². The molecule has 0 saturated carbocycles. The van der Waals surface area contributed by atoms with Crippen LogP contribution in [-0.4, -0.2) is 61.9 Å². The summed E-state index contributed by atoms with van der Waals surface area (Å²) >= 11 is 0. The first-order valence-corrected chi connectivity index (χ1v) is 8.36. The Kier molecular flexibility index (Phi) is 4.97. The molecule has 0 aromatic heterocycles. The summed E-state index contributed by atoms with van der Waals surface area (Å²) in [4.78, 5) is 13.6. The van der Waals surface area contributed by atoms with Crippen LogP contribution in [0.2, 0.25) is 0 Å². The first-order chi connectivity index (χ1) is 8.56. The molecule has 2 unspecified atom stereocenters. The topological polar surface area (TPSA) is 92.5 Å². The lowest BCUT2D eigenvalue weighted by Crippen LogP contribution is -2.62. The average molecular weight is 291 g/mol. The average Bonchev–Trinajstić information content (AvgIpc) is 2.57. The van der Waals surface area contributed by atoms with E-state index in [1.54, 1.807) is 6.92 Å². The molecular formula is C12H25N3O3S. The molecule has 0 aromatic rings. The van der Waals surface area contributed by atoms with Gasteiger partial charge in [-0.25, -0.2) is 8.42 Å². The van der Waals surface area contributed by atoms with Crippen molar-refractivity contribution in [2.75, 3.05) is 25.1 Å². The summed E-state index contributed by atoms with van der Waals surface area (Å²) in [6, 6.07) is 0.0934. The number of sulfone groups is 1. The van der Waals surface area contributed by atoms with Gasteiger partial charge in [0.2, 0.25) is 5.91 Å². The number of nitrogens with two attached hydrogens (primary N) is 1. The first kappa shape index (κ1) is 16.4. The third kappa shape index (κ3) is 4.43. The molecule has 112 valence electrons. The summed E-state index contributed by atoms with van der Waals surface area (Å²) in [6.07, 6.45) is 0.620. The Bertz CT molecular complexity index is 436. The molecule has 1 saturated heterocycles. The smallest absolute Gasteiger partial charge is 0.238 e. The number of primary amides is 1. The number of hydrogen-bond acceptors (Lipinski definition) is 5. The van der Waals surface area contributed by atoms with E-state index in [4.69, 9.17) is 5.73 Å². The zero-order chi connectivity index (χ0) is 14.8. The van der Waals surface area contributed by atoms with Crippen LogP contribution in [0, 0.1) is 0 Å². The largest absolute Gasteiger partial charge is 0.368 e. The van der Waals surface area contributed by atoms with Crippen LogP contribution in [0.5, 0.6) is 0 Å². The van der Waals surface area contributed by atoms with Gasteiger partial charge in [0.1, 0.15) is 5.54 Å². The first-order valence-electron chi connectivity index (χ1n) is 6.54. The molecule has 1 rings (SSSR count). The van der Waals surface area contributed by atoms with E-state index in [1.807, 2.05) is 25.8 Å².